The zero-order valence-corrected chi connectivity index (χ0v) is 14.1. The van der Waals surface area contributed by atoms with Crippen molar-refractivity contribution in [1.29, 1.82) is 0 Å². The SMILES string of the molecule is O=C(NCC1CCCC1CBr)C1CCc2ccccc2C1. The normalized spacial score (nSPS) is 28.1. The molecule has 1 aromatic carbocycles. The number of hydrogen-bond acceptors (Lipinski definition) is 1. The van der Waals surface area contributed by atoms with Gasteiger partial charge >= 0.3 is 0 Å². The highest BCUT2D eigenvalue weighted by molar-refractivity contribution is 9.09. The van der Waals surface area contributed by atoms with Crippen LogP contribution in [-0.4, -0.2) is 17.8 Å². The number of carbonyl (C=O) groups excluding carboxylic acids is 1. The molecule has 1 fully saturated rings. The molecule has 0 saturated heterocycles. The van der Waals surface area contributed by atoms with Crippen LogP contribution in [0.25, 0.3) is 0 Å². The zero-order chi connectivity index (χ0) is 14.7. The molecule has 2 aliphatic rings. The fourth-order valence-electron chi connectivity index (χ4n) is 3.88. The van der Waals surface area contributed by atoms with Gasteiger partial charge in [0.05, 0.1) is 0 Å². The van der Waals surface area contributed by atoms with E-state index in [1.807, 2.05) is 0 Å². The first kappa shape index (κ1) is 15.1. The second-order valence-electron chi connectivity index (χ2n) is 6.56. The third-order valence-corrected chi connectivity index (χ3v) is 6.10. The summed E-state index contributed by atoms with van der Waals surface area (Å²) in [5.74, 6) is 1.86. The van der Waals surface area contributed by atoms with Gasteiger partial charge in [0.1, 0.15) is 0 Å². The number of benzene rings is 1. The lowest BCUT2D eigenvalue weighted by Gasteiger charge is -2.25. The first-order valence-electron chi connectivity index (χ1n) is 8.18. The predicted octanol–water partition coefficient (Wildman–Crippen LogP) is 3.72. The Balaban J connectivity index is 1.52. The van der Waals surface area contributed by atoms with Gasteiger partial charge in [-0.3, -0.25) is 4.79 Å². The van der Waals surface area contributed by atoms with Crippen LogP contribution in [-0.2, 0) is 17.6 Å². The second-order valence-corrected chi connectivity index (χ2v) is 7.21. The van der Waals surface area contributed by atoms with E-state index >= 15 is 0 Å². The first-order chi connectivity index (χ1) is 10.3. The molecule has 0 bridgehead atoms. The number of aryl methyl sites for hydroxylation is 1. The number of nitrogens with one attached hydrogen (secondary N) is 1. The zero-order valence-electron chi connectivity index (χ0n) is 12.5. The van der Waals surface area contributed by atoms with Gasteiger partial charge in [0.2, 0.25) is 5.91 Å². The van der Waals surface area contributed by atoms with Crippen LogP contribution in [0.15, 0.2) is 24.3 Å². The summed E-state index contributed by atoms with van der Waals surface area (Å²) in [7, 11) is 0. The molecule has 1 amide bonds. The Labute approximate surface area is 135 Å². The van der Waals surface area contributed by atoms with Crippen LogP contribution in [0.5, 0.6) is 0 Å². The smallest absolute Gasteiger partial charge is 0.223 e. The molecular weight excluding hydrogens is 326 g/mol. The number of carbonyl (C=O) groups is 1. The lowest BCUT2D eigenvalue weighted by molar-refractivity contribution is -0.125. The number of alkyl halides is 1. The number of fused-ring (bicyclic) bond motifs is 1. The van der Waals surface area contributed by atoms with E-state index in [1.165, 1.54) is 30.4 Å². The third-order valence-electron chi connectivity index (χ3n) is 5.27. The van der Waals surface area contributed by atoms with Crippen molar-refractivity contribution in [2.75, 3.05) is 11.9 Å². The van der Waals surface area contributed by atoms with E-state index in [0.29, 0.717) is 5.92 Å². The van der Waals surface area contributed by atoms with E-state index in [9.17, 15) is 4.79 Å². The van der Waals surface area contributed by atoms with Crippen LogP contribution in [0.2, 0.25) is 0 Å². The maximum absolute atomic E-state index is 12.4. The number of rotatable bonds is 4. The van der Waals surface area contributed by atoms with Crippen molar-refractivity contribution in [1.82, 2.24) is 5.32 Å². The summed E-state index contributed by atoms with van der Waals surface area (Å²) in [6.07, 6.45) is 6.84. The fourth-order valence-corrected chi connectivity index (χ4v) is 4.74. The Bertz CT molecular complexity index is 502. The summed E-state index contributed by atoms with van der Waals surface area (Å²) in [6.45, 7) is 0.868. The van der Waals surface area contributed by atoms with Gasteiger partial charge in [0.25, 0.3) is 0 Å². The maximum Gasteiger partial charge on any atom is 0.223 e. The molecular formula is C18H24BrNO. The summed E-state index contributed by atoms with van der Waals surface area (Å²) in [5, 5.41) is 4.30. The Morgan fingerprint density at radius 1 is 1.14 bits per heavy atom. The minimum atomic E-state index is 0.170. The molecule has 0 aliphatic heterocycles. The summed E-state index contributed by atoms with van der Waals surface area (Å²) in [6, 6.07) is 8.55. The van der Waals surface area contributed by atoms with Gasteiger partial charge in [-0.2, -0.15) is 0 Å². The Morgan fingerprint density at radius 3 is 2.71 bits per heavy atom. The van der Waals surface area contributed by atoms with Gasteiger partial charge in [-0.25, -0.2) is 0 Å². The lowest BCUT2D eigenvalue weighted by Crippen LogP contribution is -2.37. The molecule has 1 aromatic rings. The fraction of sp³-hybridized carbons (Fsp3) is 0.611. The van der Waals surface area contributed by atoms with Crippen molar-refractivity contribution in [2.45, 2.75) is 38.5 Å². The van der Waals surface area contributed by atoms with E-state index in [2.05, 4.69) is 45.5 Å². The molecule has 3 atom stereocenters. The molecule has 0 spiro atoms. The van der Waals surface area contributed by atoms with Crippen LogP contribution < -0.4 is 5.32 Å². The van der Waals surface area contributed by atoms with Crippen LogP contribution in [0.1, 0.15) is 36.8 Å². The largest absolute Gasteiger partial charge is 0.356 e. The molecule has 114 valence electrons. The van der Waals surface area contributed by atoms with Gasteiger partial charge in [-0.05, 0) is 55.1 Å². The highest BCUT2D eigenvalue weighted by atomic mass is 79.9. The van der Waals surface area contributed by atoms with Crippen molar-refractivity contribution in [3.05, 3.63) is 35.4 Å². The molecule has 21 heavy (non-hydrogen) atoms. The monoisotopic (exact) mass is 349 g/mol. The van der Waals surface area contributed by atoms with Crippen molar-refractivity contribution in [2.24, 2.45) is 17.8 Å². The summed E-state index contributed by atoms with van der Waals surface area (Å²) in [5.41, 5.74) is 2.79. The second kappa shape index (κ2) is 6.95. The van der Waals surface area contributed by atoms with E-state index in [0.717, 1.165) is 37.1 Å². The molecule has 2 nitrogen and oxygen atoms in total. The molecule has 3 rings (SSSR count). The van der Waals surface area contributed by atoms with Gasteiger partial charge in [0.15, 0.2) is 0 Å². The molecule has 0 aromatic heterocycles. The van der Waals surface area contributed by atoms with E-state index in [4.69, 9.17) is 0 Å². The summed E-state index contributed by atoms with van der Waals surface area (Å²) >= 11 is 3.61. The summed E-state index contributed by atoms with van der Waals surface area (Å²) in [4.78, 5) is 12.4. The van der Waals surface area contributed by atoms with Crippen molar-refractivity contribution < 1.29 is 4.79 Å². The predicted molar refractivity (Wildman–Crippen MR) is 89.6 cm³/mol. The van der Waals surface area contributed by atoms with E-state index < -0.39 is 0 Å². The molecule has 1 N–H and O–H groups in total. The number of hydrogen-bond donors (Lipinski definition) is 1. The molecule has 2 aliphatic carbocycles. The van der Waals surface area contributed by atoms with Crippen LogP contribution in [0.3, 0.4) is 0 Å². The number of halogens is 1. The average Bonchev–Trinajstić information content (AvgIpc) is 2.99. The Morgan fingerprint density at radius 2 is 1.90 bits per heavy atom. The maximum atomic E-state index is 12.4. The molecule has 3 unspecified atom stereocenters. The Hall–Kier alpha value is -0.830. The number of amides is 1. The molecule has 1 saturated carbocycles. The van der Waals surface area contributed by atoms with Crippen LogP contribution in [0.4, 0.5) is 0 Å². The standard InChI is InChI=1S/C18H24BrNO/c19-11-16-6-3-7-17(16)12-20-18(21)15-9-8-13-4-1-2-5-14(13)10-15/h1-2,4-5,15-17H,3,6-12H2,(H,20,21). The average molecular weight is 350 g/mol. The van der Waals surface area contributed by atoms with Crippen molar-refractivity contribution >= 4 is 21.8 Å². The van der Waals surface area contributed by atoms with Gasteiger partial charge in [0, 0.05) is 17.8 Å². The van der Waals surface area contributed by atoms with E-state index in [1.54, 1.807) is 0 Å². The minimum Gasteiger partial charge on any atom is -0.356 e. The topological polar surface area (TPSA) is 29.1 Å². The Kier molecular flexibility index (Phi) is 4.99. The van der Waals surface area contributed by atoms with Crippen molar-refractivity contribution in [3.8, 4) is 0 Å². The first-order valence-corrected chi connectivity index (χ1v) is 9.30. The highest BCUT2D eigenvalue weighted by Gasteiger charge is 2.28. The van der Waals surface area contributed by atoms with Gasteiger partial charge in [-0.1, -0.05) is 46.6 Å². The van der Waals surface area contributed by atoms with E-state index in [-0.39, 0.29) is 11.8 Å². The summed E-state index contributed by atoms with van der Waals surface area (Å²) < 4.78 is 0. The van der Waals surface area contributed by atoms with Crippen LogP contribution in [0, 0.1) is 17.8 Å². The van der Waals surface area contributed by atoms with Crippen molar-refractivity contribution in [3.63, 3.8) is 0 Å². The lowest BCUT2D eigenvalue weighted by atomic mass is 9.83. The third kappa shape index (κ3) is 3.50. The highest BCUT2D eigenvalue weighted by Crippen LogP contribution is 2.32. The van der Waals surface area contributed by atoms with Gasteiger partial charge in [-0.15, -0.1) is 0 Å². The minimum absolute atomic E-state index is 0.170. The quantitative estimate of drug-likeness (QED) is 0.824. The molecule has 3 heteroatoms. The van der Waals surface area contributed by atoms with Crippen LogP contribution >= 0.6 is 15.9 Å². The molecule has 0 heterocycles. The van der Waals surface area contributed by atoms with Gasteiger partial charge < -0.3 is 5.32 Å². The molecule has 0 radical (unpaired) electrons.